The Morgan fingerprint density at radius 1 is 0.647 bits per heavy atom. The van der Waals surface area contributed by atoms with E-state index in [1.54, 1.807) is 18.2 Å². The molecule has 0 fully saturated rings. The van der Waals surface area contributed by atoms with Crippen LogP contribution in [0.4, 0.5) is 0 Å². The normalized spacial score (nSPS) is 10.6. The van der Waals surface area contributed by atoms with E-state index in [0.29, 0.717) is 31.2 Å². The van der Waals surface area contributed by atoms with Gasteiger partial charge in [0.15, 0.2) is 0 Å². The van der Waals surface area contributed by atoms with E-state index in [9.17, 15) is 5.11 Å². The maximum absolute atomic E-state index is 9.29. The van der Waals surface area contributed by atoms with Crippen LogP contribution in [0.1, 0.15) is 0 Å². The van der Waals surface area contributed by atoms with Gasteiger partial charge in [-0.2, -0.15) is 0 Å². The van der Waals surface area contributed by atoms with Gasteiger partial charge in [0.25, 0.3) is 0 Å². The van der Waals surface area contributed by atoms with Crippen molar-refractivity contribution in [2.75, 3.05) is 0 Å². The van der Waals surface area contributed by atoms with Crippen LogP contribution in [0.5, 0.6) is 5.75 Å². The molecule has 5 heteroatoms. The zero-order valence-electron chi connectivity index (χ0n) is 8.35. The summed E-state index contributed by atoms with van der Waals surface area (Å²) >= 11 is 23.9. The Hall–Kier alpha value is -0.600. The predicted molar refractivity (Wildman–Crippen MR) is 73.6 cm³/mol. The summed E-state index contributed by atoms with van der Waals surface area (Å²) in [7, 11) is 0. The Bertz CT molecular complexity index is 581. The van der Waals surface area contributed by atoms with Crippen molar-refractivity contribution in [1.29, 1.82) is 0 Å². The van der Waals surface area contributed by atoms with Crippen LogP contribution in [0, 0.1) is 0 Å². The summed E-state index contributed by atoms with van der Waals surface area (Å²) in [5, 5.41) is 10.9. The third kappa shape index (κ3) is 2.63. The van der Waals surface area contributed by atoms with E-state index in [2.05, 4.69) is 0 Å². The van der Waals surface area contributed by atoms with Gasteiger partial charge in [-0.3, -0.25) is 0 Å². The van der Waals surface area contributed by atoms with Gasteiger partial charge >= 0.3 is 0 Å². The highest BCUT2D eigenvalue weighted by atomic mass is 35.5. The van der Waals surface area contributed by atoms with Gasteiger partial charge in [-0.25, -0.2) is 0 Å². The van der Waals surface area contributed by atoms with Gasteiger partial charge in [-0.15, -0.1) is 0 Å². The van der Waals surface area contributed by atoms with Gasteiger partial charge in [-0.1, -0.05) is 46.4 Å². The minimum Gasteiger partial charge on any atom is -0.508 e. The predicted octanol–water partition coefficient (Wildman–Crippen LogP) is 5.67. The molecule has 0 radical (unpaired) electrons. The Labute approximate surface area is 118 Å². The fraction of sp³-hybridized carbons (Fsp3) is 0. The lowest BCUT2D eigenvalue weighted by molar-refractivity contribution is 0.475. The van der Waals surface area contributed by atoms with Crippen molar-refractivity contribution in [1.82, 2.24) is 0 Å². The maximum Gasteiger partial charge on any atom is 0.117 e. The first-order chi connectivity index (χ1) is 7.99. The number of rotatable bonds is 1. The van der Waals surface area contributed by atoms with Gasteiger partial charge in [0, 0.05) is 11.1 Å². The molecule has 88 valence electrons. The standard InChI is InChI=1S/C12H6Cl4O/c13-9-3-6(17)1-2-7(9)8-4-11(15)12(16)5-10(8)14/h1-5,17H. The van der Waals surface area contributed by atoms with Crippen LogP contribution < -0.4 is 0 Å². The number of hydrogen-bond donors (Lipinski definition) is 1. The molecule has 0 heterocycles. The summed E-state index contributed by atoms with van der Waals surface area (Å²) in [6.07, 6.45) is 0. The lowest BCUT2D eigenvalue weighted by atomic mass is 10.1. The summed E-state index contributed by atoms with van der Waals surface area (Å²) in [5.74, 6) is 0.0925. The number of hydrogen-bond acceptors (Lipinski definition) is 1. The van der Waals surface area contributed by atoms with Crippen LogP contribution in [0.25, 0.3) is 11.1 Å². The Morgan fingerprint density at radius 2 is 1.24 bits per heavy atom. The SMILES string of the molecule is Oc1ccc(-c2cc(Cl)c(Cl)cc2Cl)c(Cl)c1. The number of aromatic hydroxyl groups is 1. The van der Waals surface area contributed by atoms with Crippen molar-refractivity contribution < 1.29 is 5.11 Å². The highest BCUT2D eigenvalue weighted by Gasteiger charge is 2.11. The lowest BCUT2D eigenvalue weighted by Crippen LogP contribution is -1.83. The van der Waals surface area contributed by atoms with Gasteiger partial charge in [0.05, 0.1) is 20.1 Å². The molecule has 0 bridgehead atoms. The molecular formula is C12H6Cl4O. The molecular weight excluding hydrogens is 302 g/mol. The molecule has 1 N–H and O–H groups in total. The topological polar surface area (TPSA) is 20.2 Å². The quantitative estimate of drug-likeness (QED) is 0.673. The fourth-order valence-corrected chi connectivity index (χ4v) is 2.38. The number of phenolic OH excluding ortho intramolecular Hbond substituents is 1. The molecule has 17 heavy (non-hydrogen) atoms. The van der Waals surface area contributed by atoms with Crippen LogP contribution >= 0.6 is 46.4 Å². The molecule has 2 rings (SSSR count). The Kier molecular flexibility index (Phi) is 3.74. The van der Waals surface area contributed by atoms with E-state index in [-0.39, 0.29) is 5.75 Å². The molecule has 0 unspecified atom stereocenters. The number of benzene rings is 2. The van der Waals surface area contributed by atoms with Crippen molar-refractivity contribution in [3.05, 3.63) is 50.4 Å². The van der Waals surface area contributed by atoms with E-state index in [0.717, 1.165) is 0 Å². The zero-order valence-corrected chi connectivity index (χ0v) is 11.4. The third-order valence-corrected chi connectivity index (χ3v) is 3.60. The van der Waals surface area contributed by atoms with E-state index in [4.69, 9.17) is 46.4 Å². The van der Waals surface area contributed by atoms with Crippen molar-refractivity contribution in [3.8, 4) is 16.9 Å². The summed E-state index contributed by atoms with van der Waals surface area (Å²) in [4.78, 5) is 0. The van der Waals surface area contributed by atoms with Crippen molar-refractivity contribution >= 4 is 46.4 Å². The minimum atomic E-state index is 0.0925. The average molecular weight is 308 g/mol. The van der Waals surface area contributed by atoms with Gasteiger partial charge < -0.3 is 5.11 Å². The number of phenols is 1. The van der Waals surface area contributed by atoms with Gasteiger partial charge in [0.1, 0.15) is 5.75 Å². The van der Waals surface area contributed by atoms with Crippen molar-refractivity contribution in [3.63, 3.8) is 0 Å². The van der Waals surface area contributed by atoms with E-state index < -0.39 is 0 Å². The minimum absolute atomic E-state index is 0.0925. The molecule has 0 aliphatic carbocycles. The molecule has 2 aromatic rings. The molecule has 0 aliphatic heterocycles. The molecule has 0 amide bonds. The second-order valence-electron chi connectivity index (χ2n) is 3.41. The number of halogens is 4. The molecule has 0 saturated heterocycles. The van der Waals surface area contributed by atoms with E-state index in [1.807, 2.05) is 0 Å². The Balaban J connectivity index is 2.64. The van der Waals surface area contributed by atoms with Crippen LogP contribution in [-0.2, 0) is 0 Å². The highest BCUT2D eigenvalue weighted by Crippen LogP contribution is 2.39. The highest BCUT2D eigenvalue weighted by molar-refractivity contribution is 6.44. The zero-order chi connectivity index (χ0) is 12.6. The Morgan fingerprint density at radius 3 is 1.88 bits per heavy atom. The molecule has 0 atom stereocenters. The second kappa shape index (κ2) is 4.95. The second-order valence-corrected chi connectivity index (χ2v) is 5.04. The molecule has 0 saturated carbocycles. The van der Waals surface area contributed by atoms with Crippen LogP contribution in [0.15, 0.2) is 30.3 Å². The molecule has 1 nitrogen and oxygen atoms in total. The average Bonchev–Trinajstić information content (AvgIpc) is 2.24. The van der Waals surface area contributed by atoms with Crippen molar-refractivity contribution in [2.24, 2.45) is 0 Å². The first kappa shape index (κ1) is 12.8. The largest absolute Gasteiger partial charge is 0.508 e. The lowest BCUT2D eigenvalue weighted by Gasteiger charge is -2.09. The van der Waals surface area contributed by atoms with Crippen molar-refractivity contribution in [2.45, 2.75) is 0 Å². The molecule has 0 spiro atoms. The fourth-order valence-electron chi connectivity index (χ4n) is 1.45. The van der Waals surface area contributed by atoms with E-state index >= 15 is 0 Å². The molecule has 0 aliphatic rings. The van der Waals surface area contributed by atoms with Gasteiger partial charge in [0.2, 0.25) is 0 Å². The maximum atomic E-state index is 9.29. The smallest absolute Gasteiger partial charge is 0.117 e. The molecule has 0 aromatic heterocycles. The summed E-state index contributed by atoms with van der Waals surface area (Å²) in [5.41, 5.74) is 1.36. The molecule has 2 aromatic carbocycles. The van der Waals surface area contributed by atoms with Crippen LogP contribution in [-0.4, -0.2) is 5.11 Å². The first-order valence-corrected chi connectivity index (χ1v) is 6.13. The summed E-state index contributed by atoms with van der Waals surface area (Å²) < 4.78 is 0. The van der Waals surface area contributed by atoms with E-state index in [1.165, 1.54) is 12.1 Å². The van der Waals surface area contributed by atoms with Crippen LogP contribution in [0.2, 0.25) is 20.1 Å². The monoisotopic (exact) mass is 306 g/mol. The third-order valence-electron chi connectivity index (χ3n) is 2.25. The summed E-state index contributed by atoms with van der Waals surface area (Å²) in [6.45, 7) is 0. The summed E-state index contributed by atoms with van der Waals surface area (Å²) in [6, 6.07) is 7.84. The van der Waals surface area contributed by atoms with Gasteiger partial charge in [-0.05, 0) is 30.3 Å². The van der Waals surface area contributed by atoms with Crippen LogP contribution in [0.3, 0.4) is 0 Å². The first-order valence-electron chi connectivity index (χ1n) is 4.62.